The second-order valence-corrected chi connectivity index (χ2v) is 18.3. The molecule has 3 nitrogen and oxygen atoms in total. The van der Waals surface area contributed by atoms with Crippen LogP contribution in [0.25, 0.3) is 64.3 Å². The third-order valence-corrected chi connectivity index (χ3v) is 15.2. The molecule has 0 amide bonds. The average molecular weight is 751 g/mol. The lowest BCUT2D eigenvalue weighted by Gasteiger charge is -2.27. The zero-order chi connectivity index (χ0) is 37.0. The largest absolute Gasteiger partial charge is 0.435 e. The van der Waals surface area contributed by atoms with Gasteiger partial charge in [0.05, 0.1) is 0 Å². The minimum Gasteiger partial charge on any atom is -0.435 e. The zero-order valence-corrected chi connectivity index (χ0v) is 32.3. The van der Waals surface area contributed by atoms with Gasteiger partial charge in [0.15, 0.2) is 5.58 Å². The van der Waals surface area contributed by atoms with Crippen molar-refractivity contribution in [2.24, 2.45) is 0 Å². The fourth-order valence-electron chi connectivity index (χ4n) is 8.36. The Balaban J connectivity index is 1.14. The molecule has 0 aliphatic carbocycles. The van der Waals surface area contributed by atoms with Crippen LogP contribution in [0.15, 0.2) is 205 Å². The summed E-state index contributed by atoms with van der Waals surface area (Å²) in [6.07, 6.45) is 0. The lowest BCUT2D eigenvalue weighted by molar-refractivity contribution is 0.623. The first-order chi connectivity index (χ1) is 27.7. The number of oxazole rings is 1. The van der Waals surface area contributed by atoms with Crippen LogP contribution in [0.2, 0.25) is 0 Å². The Morgan fingerprint density at radius 3 is 1.82 bits per heavy atom. The van der Waals surface area contributed by atoms with E-state index in [1.807, 2.05) is 41.7 Å². The van der Waals surface area contributed by atoms with Gasteiger partial charge < -0.3 is 9.32 Å². The number of hydrogen-bond donors (Lipinski definition) is 0. The molecule has 0 bridgehead atoms. The Morgan fingerprint density at radius 2 is 1.04 bits per heavy atom. The van der Waals surface area contributed by atoms with E-state index in [1.54, 1.807) is 0 Å². The van der Waals surface area contributed by atoms with E-state index in [0.717, 1.165) is 55.3 Å². The SMILES string of the molecule is c1ccc(-c2nc3ccc4ccc5ccc(N(c6cccc([SiH](c7ccccc7)c7ccccc7)c6)c6ccc7sc8ccccc8c7c6)cc5c4c3o2)cc1. The molecule has 9 aromatic carbocycles. The number of thiophene rings is 1. The van der Waals surface area contributed by atoms with E-state index in [2.05, 4.69) is 175 Å². The maximum Gasteiger partial charge on any atom is 0.227 e. The molecule has 0 aliphatic rings. The highest BCUT2D eigenvalue weighted by Gasteiger charge is 2.22. The molecule has 2 aromatic heterocycles. The second-order valence-electron chi connectivity index (χ2n) is 14.3. The minimum atomic E-state index is -1.80. The Labute approximate surface area is 330 Å². The molecule has 0 aliphatic heterocycles. The van der Waals surface area contributed by atoms with Crippen LogP contribution in [-0.2, 0) is 0 Å². The van der Waals surface area contributed by atoms with Gasteiger partial charge in [0.2, 0.25) is 5.89 Å². The second kappa shape index (κ2) is 13.5. The van der Waals surface area contributed by atoms with E-state index in [9.17, 15) is 0 Å². The van der Waals surface area contributed by atoms with Crippen LogP contribution >= 0.6 is 11.3 Å². The number of aromatic nitrogens is 1. The van der Waals surface area contributed by atoms with Gasteiger partial charge in [0.1, 0.15) is 14.3 Å². The fourth-order valence-corrected chi connectivity index (χ4v) is 12.5. The number of hydrogen-bond acceptors (Lipinski definition) is 4. The minimum absolute atomic E-state index is 0.631. The van der Waals surface area contributed by atoms with Crippen molar-refractivity contribution in [1.82, 2.24) is 4.98 Å². The van der Waals surface area contributed by atoms with Gasteiger partial charge in [0.25, 0.3) is 0 Å². The van der Waals surface area contributed by atoms with Crippen molar-refractivity contribution >= 4 is 106 Å². The van der Waals surface area contributed by atoms with Crippen molar-refractivity contribution in [3.05, 3.63) is 200 Å². The van der Waals surface area contributed by atoms with E-state index in [-0.39, 0.29) is 0 Å². The molecule has 0 saturated heterocycles. The molecule has 0 unspecified atom stereocenters. The smallest absolute Gasteiger partial charge is 0.227 e. The quantitative estimate of drug-likeness (QED) is 0.0923. The molecule has 11 aromatic rings. The van der Waals surface area contributed by atoms with E-state index < -0.39 is 8.80 Å². The molecule has 56 heavy (non-hydrogen) atoms. The summed E-state index contributed by atoms with van der Waals surface area (Å²) in [6.45, 7) is 0. The fraction of sp³-hybridized carbons (Fsp3) is 0. The summed E-state index contributed by atoms with van der Waals surface area (Å²) in [6, 6.07) is 72.7. The van der Waals surface area contributed by atoms with Crippen molar-refractivity contribution in [2.45, 2.75) is 0 Å². The number of fused-ring (bicyclic) bond motifs is 8. The van der Waals surface area contributed by atoms with Gasteiger partial charge in [-0.05, 0) is 82.9 Å². The summed E-state index contributed by atoms with van der Waals surface area (Å²) >= 11 is 1.85. The summed E-state index contributed by atoms with van der Waals surface area (Å²) in [5.41, 5.74) is 5.95. The Hall–Kier alpha value is -6.79. The van der Waals surface area contributed by atoms with Gasteiger partial charge >= 0.3 is 0 Å². The number of benzene rings is 9. The van der Waals surface area contributed by atoms with Crippen molar-refractivity contribution in [1.29, 1.82) is 0 Å². The number of nitrogens with zero attached hydrogens (tertiary/aromatic N) is 2. The maximum absolute atomic E-state index is 6.63. The average Bonchev–Trinajstić information content (AvgIpc) is 3.87. The summed E-state index contributed by atoms with van der Waals surface area (Å²) < 4.78 is 9.22. The topological polar surface area (TPSA) is 29.3 Å². The van der Waals surface area contributed by atoms with Crippen molar-refractivity contribution < 1.29 is 4.42 Å². The zero-order valence-electron chi connectivity index (χ0n) is 30.3. The molecule has 11 rings (SSSR count). The van der Waals surface area contributed by atoms with Crippen molar-refractivity contribution in [3.8, 4) is 11.5 Å². The van der Waals surface area contributed by atoms with Gasteiger partial charge in [0, 0.05) is 48.2 Å². The van der Waals surface area contributed by atoms with E-state index >= 15 is 0 Å². The molecule has 2 heterocycles. The third kappa shape index (κ3) is 5.60. The summed E-state index contributed by atoms with van der Waals surface area (Å²) in [5, 5.41) is 11.2. The Morgan fingerprint density at radius 1 is 0.446 bits per heavy atom. The van der Waals surface area contributed by atoms with Crippen LogP contribution in [-0.4, -0.2) is 13.8 Å². The van der Waals surface area contributed by atoms with E-state index in [4.69, 9.17) is 9.40 Å². The standard InChI is InChI=1S/C51H34N2OSSi/c1-4-13-36(14-5-1)51-52-46-29-26-35-24-23-34-25-27-38(32-44(34)49(35)50(46)54-51)53(39-28-30-48-45(33-39)43-21-10-11-22-47(43)55-48)37-15-12-20-42(31-37)56(40-16-6-2-7-17-40)41-18-8-3-9-19-41/h1-33,56H. The maximum atomic E-state index is 6.63. The van der Waals surface area contributed by atoms with Crippen molar-refractivity contribution in [3.63, 3.8) is 0 Å². The summed E-state index contributed by atoms with van der Waals surface area (Å²) in [5.74, 6) is 0.631. The molecular formula is C51H34N2OSSi. The third-order valence-electron chi connectivity index (χ3n) is 11.0. The lowest BCUT2D eigenvalue weighted by atomic mass is 10.00. The molecule has 0 fully saturated rings. The summed E-state index contributed by atoms with van der Waals surface area (Å²) in [7, 11) is -1.80. The first kappa shape index (κ1) is 32.6. The molecule has 0 radical (unpaired) electrons. The first-order valence-electron chi connectivity index (χ1n) is 19.0. The normalized spacial score (nSPS) is 11.7. The first-order valence-corrected chi connectivity index (χ1v) is 21.5. The van der Waals surface area contributed by atoms with Gasteiger partial charge in [-0.3, -0.25) is 0 Å². The predicted molar refractivity (Wildman–Crippen MR) is 241 cm³/mol. The Bertz CT molecular complexity index is 3170. The van der Waals surface area contributed by atoms with Gasteiger partial charge in [-0.1, -0.05) is 149 Å². The van der Waals surface area contributed by atoms with E-state index in [1.165, 1.54) is 35.7 Å². The van der Waals surface area contributed by atoms with Crippen LogP contribution in [0.5, 0.6) is 0 Å². The van der Waals surface area contributed by atoms with Gasteiger partial charge in [-0.15, -0.1) is 11.3 Å². The van der Waals surface area contributed by atoms with E-state index in [0.29, 0.717) is 5.89 Å². The van der Waals surface area contributed by atoms with Crippen LogP contribution < -0.4 is 20.5 Å². The molecule has 264 valence electrons. The molecular weight excluding hydrogens is 717 g/mol. The molecule has 5 heteroatoms. The highest BCUT2D eigenvalue weighted by Crippen LogP contribution is 2.42. The molecule has 0 spiro atoms. The summed E-state index contributed by atoms with van der Waals surface area (Å²) in [4.78, 5) is 7.38. The molecule has 0 N–H and O–H groups in total. The lowest BCUT2D eigenvalue weighted by Crippen LogP contribution is -2.51. The van der Waals surface area contributed by atoms with Crippen LogP contribution in [0, 0.1) is 0 Å². The highest BCUT2D eigenvalue weighted by atomic mass is 32.1. The van der Waals surface area contributed by atoms with Gasteiger partial charge in [-0.2, -0.15) is 0 Å². The number of rotatable bonds is 7. The van der Waals surface area contributed by atoms with Crippen LogP contribution in [0.1, 0.15) is 0 Å². The van der Waals surface area contributed by atoms with Gasteiger partial charge in [-0.25, -0.2) is 4.98 Å². The highest BCUT2D eigenvalue weighted by molar-refractivity contribution is 7.25. The number of anilines is 3. The molecule has 0 saturated carbocycles. The van der Waals surface area contributed by atoms with Crippen LogP contribution in [0.3, 0.4) is 0 Å². The molecule has 0 atom stereocenters. The monoisotopic (exact) mass is 750 g/mol. The Kier molecular flexibility index (Phi) is 7.86. The predicted octanol–water partition coefficient (Wildman–Crippen LogP) is 11.9. The van der Waals surface area contributed by atoms with Crippen molar-refractivity contribution in [2.75, 3.05) is 4.90 Å². The van der Waals surface area contributed by atoms with Crippen LogP contribution in [0.4, 0.5) is 17.1 Å².